The zero-order valence-electron chi connectivity index (χ0n) is 12.5. The number of hydrogen-bond donors (Lipinski definition) is 2. The summed E-state index contributed by atoms with van der Waals surface area (Å²) in [5.41, 5.74) is 3.63. The number of quaternary nitrogens is 1. The summed E-state index contributed by atoms with van der Waals surface area (Å²) >= 11 is 5.76. The molecule has 3 nitrogen and oxygen atoms in total. The van der Waals surface area contributed by atoms with E-state index in [4.69, 9.17) is 12.2 Å². The van der Waals surface area contributed by atoms with Gasteiger partial charge in [0.05, 0.1) is 19.1 Å². The van der Waals surface area contributed by atoms with Crippen LogP contribution in [0.1, 0.15) is 51.4 Å². The van der Waals surface area contributed by atoms with Gasteiger partial charge < -0.3 is 10.2 Å². The SMILES string of the molecule is C[NH+]1C[C@H]2CCCC3=C2N(C1)C(=S)NC31CCCCC1. The van der Waals surface area contributed by atoms with E-state index in [0.717, 1.165) is 17.7 Å². The Bertz CT molecular complexity index is 464. The Morgan fingerprint density at radius 1 is 1.25 bits per heavy atom. The lowest BCUT2D eigenvalue weighted by molar-refractivity contribution is -0.896. The molecule has 110 valence electrons. The van der Waals surface area contributed by atoms with E-state index < -0.39 is 0 Å². The topological polar surface area (TPSA) is 19.7 Å². The quantitative estimate of drug-likeness (QED) is 0.659. The summed E-state index contributed by atoms with van der Waals surface area (Å²) in [6, 6.07) is 0. The second-order valence-electron chi connectivity index (χ2n) is 7.27. The molecule has 0 bridgehead atoms. The van der Waals surface area contributed by atoms with Crippen molar-refractivity contribution >= 4 is 17.3 Å². The highest BCUT2D eigenvalue weighted by Gasteiger charge is 2.48. The third-order valence-corrected chi connectivity index (χ3v) is 6.19. The number of nitrogens with zero attached hydrogens (tertiary/aromatic N) is 1. The zero-order valence-corrected chi connectivity index (χ0v) is 13.3. The molecule has 0 aromatic heterocycles. The lowest BCUT2D eigenvalue weighted by Gasteiger charge is -2.54. The summed E-state index contributed by atoms with van der Waals surface area (Å²) in [7, 11) is 2.30. The van der Waals surface area contributed by atoms with Gasteiger partial charge in [-0.05, 0) is 49.9 Å². The first-order valence-electron chi connectivity index (χ1n) is 8.34. The molecule has 1 unspecified atom stereocenters. The van der Waals surface area contributed by atoms with Crippen LogP contribution < -0.4 is 10.2 Å². The van der Waals surface area contributed by atoms with Gasteiger partial charge in [-0.2, -0.15) is 0 Å². The molecule has 2 atom stereocenters. The maximum Gasteiger partial charge on any atom is 0.178 e. The van der Waals surface area contributed by atoms with Crippen LogP contribution in [0.3, 0.4) is 0 Å². The molecule has 0 amide bonds. The van der Waals surface area contributed by atoms with Gasteiger partial charge in [-0.15, -0.1) is 0 Å². The molecule has 0 radical (unpaired) electrons. The molecule has 2 aliphatic carbocycles. The number of thiocarbonyl (C=S) groups is 1. The first kappa shape index (κ1) is 13.1. The van der Waals surface area contributed by atoms with Crippen molar-refractivity contribution in [3.05, 3.63) is 11.3 Å². The second-order valence-corrected chi connectivity index (χ2v) is 7.66. The van der Waals surface area contributed by atoms with Crippen molar-refractivity contribution in [2.75, 3.05) is 20.3 Å². The van der Waals surface area contributed by atoms with Crippen LogP contribution in [0, 0.1) is 5.92 Å². The second kappa shape index (κ2) is 4.70. The van der Waals surface area contributed by atoms with E-state index in [1.807, 2.05) is 0 Å². The minimum absolute atomic E-state index is 0.241. The summed E-state index contributed by atoms with van der Waals surface area (Å²) < 4.78 is 0. The molecule has 0 aromatic carbocycles. The predicted molar refractivity (Wildman–Crippen MR) is 84.4 cm³/mol. The molecule has 2 heterocycles. The van der Waals surface area contributed by atoms with Gasteiger partial charge in [0.25, 0.3) is 0 Å². The molecule has 4 aliphatic rings. The fourth-order valence-electron chi connectivity index (χ4n) is 5.05. The molecule has 20 heavy (non-hydrogen) atoms. The fraction of sp³-hybridized carbons (Fsp3) is 0.812. The number of nitrogens with one attached hydrogen (secondary N) is 2. The monoisotopic (exact) mass is 292 g/mol. The van der Waals surface area contributed by atoms with Crippen molar-refractivity contribution in [1.82, 2.24) is 10.2 Å². The standard InChI is InChI=1S/C16H25N3S/c1-18-10-12-6-5-7-13-14(12)19(11-18)15(20)17-16(13)8-3-2-4-9-16/h12H,2-11H2,1H3,(H,17,20)/p+1/t12-/m1/s1. The van der Waals surface area contributed by atoms with Gasteiger partial charge in [0, 0.05) is 11.6 Å². The van der Waals surface area contributed by atoms with Crippen LogP contribution in [-0.2, 0) is 0 Å². The Morgan fingerprint density at radius 2 is 2.05 bits per heavy atom. The van der Waals surface area contributed by atoms with E-state index in [-0.39, 0.29) is 5.54 Å². The van der Waals surface area contributed by atoms with E-state index in [1.54, 1.807) is 16.2 Å². The normalized spacial score (nSPS) is 35.9. The Kier molecular flexibility index (Phi) is 3.08. The van der Waals surface area contributed by atoms with E-state index in [1.165, 1.54) is 57.9 Å². The average Bonchev–Trinajstić information content (AvgIpc) is 2.45. The summed E-state index contributed by atoms with van der Waals surface area (Å²) in [5.74, 6) is 0.756. The molecular formula is C16H26N3S+. The molecule has 1 spiro atoms. The maximum atomic E-state index is 5.76. The number of rotatable bonds is 0. The van der Waals surface area contributed by atoms with Crippen LogP contribution in [-0.4, -0.2) is 35.8 Å². The molecule has 1 saturated heterocycles. The largest absolute Gasteiger partial charge is 0.353 e. The minimum atomic E-state index is 0.241. The predicted octanol–water partition coefficient (Wildman–Crippen LogP) is 1.42. The van der Waals surface area contributed by atoms with Crippen LogP contribution in [0.4, 0.5) is 0 Å². The van der Waals surface area contributed by atoms with Crippen molar-refractivity contribution in [3.63, 3.8) is 0 Å². The maximum absolute atomic E-state index is 5.76. The molecule has 0 aromatic rings. The summed E-state index contributed by atoms with van der Waals surface area (Å²) in [6.45, 7) is 2.35. The van der Waals surface area contributed by atoms with E-state index >= 15 is 0 Å². The zero-order chi connectivity index (χ0) is 13.7. The minimum Gasteiger partial charge on any atom is -0.353 e. The van der Waals surface area contributed by atoms with Crippen LogP contribution >= 0.6 is 12.2 Å². The lowest BCUT2D eigenvalue weighted by Crippen LogP contribution is -3.13. The van der Waals surface area contributed by atoms with Crippen molar-refractivity contribution in [3.8, 4) is 0 Å². The third-order valence-electron chi connectivity index (χ3n) is 5.87. The highest BCUT2D eigenvalue weighted by atomic mass is 32.1. The van der Waals surface area contributed by atoms with Gasteiger partial charge in [-0.25, -0.2) is 0 Å². The summed E-state index contributed by atoms with van der Waals surface area (Å²) in [5, 5.41) is 4.80. The van der Waals surface area contributed by atoms with E-state index in [2.05, 4.69) is 17.3 Å². The van der Waals surface area contributed by atoms with Crippen LogP contribution in [0.5, 0.6) is 0 Å². The summed E-state index contributed by atoms with van der Waals surface area (Å²) in [6.07, 6.45) is 10.8. The van der Waals surface area contributed by atoms with Crippen molar-refractivity contribution in [2.45, 2.75) is 56.9 Å². The summed E-state index contributed by atoms with van der Waals surface area (Å²) in [4.78, 5) is 4.04. The highest BCUT2D eigenvalue weighted by molar-refractivity contribution is 7.80. The molecule has 4 heteroatoms. The first-order valence-corrected chi connectivity index (χ1v) is 8.75. The average molecular weight is 292 g/mol. The van der Waals surface area contributed by atoms with Gasteiger partial charge in [0.1, 0.15) is 0 Å². The van der Waals surface area contributed by atoms with Gasteiger partial charge in [0.15, 0.2) is 11.8 Å². The molecule has 2 aliphatic heterocycles. The lowest BCUT2D eigenvalue weighted by atomic mass is 9.68. The molecule has 2 N–H and O–H groups in total. The van der Waals surface area contributed by atoms with Gasteiger partial charge in [-0.1, -0.05) is 19.3 Å². The Morgan fingerprint density at radius 3 is 2.85 bits per heavy atom. The molecule has 4 rings (SSSR count). The number of hydrogen-bond acceptors (Lipinski definition) is 1. The van der Waals surface area contributed by atoms with Crippen LogP contribution in [0.25, 0.3) is 0 Å². The smallest absolute Gasteiger partial charge is 0.178 e. The molecular weight excluding hydrogens is 266 g/mol. The van der Waals surface area contributed by atoms with E-state index in [0.29, 0.717) is 0 Å². The van der Waals surface area contributed by atoms with Gasteiger partial charge in [-0.3, -0.25) is 4.90 Å². The van der Waals surface area contributed by atoms with Crippen molar-refractivity contribution in [2.24, 2.45) is 5.92 Å². The Hall–Kier alpha value is -0.610. The van der Waals surface area contributed by atoms with Crippen molar-refractivity contribution in [1.29, 1.82) is 0 Å². The van der Waals surface area contributed by atoms with E-state index in [9.17, 15) is 0 Å². The first-order chi connectivity index (χ1) is 9.70. The van der Waals surface area contributed by atoms with Crippen LogP contribution in [0.15, 0.2) is 11.3 Å². The Labute approximate surface area is 127 Å². The number of fused-ring (bicyclic) bond motifs is 1. The third kappa shape index (κ3) is 1.84. The van der Waals surface area contributed by atoms with Crippen molar-refractivity contribution < 1.29 is 4.90 Å². The van der Waals surface area contributed by atoms with Gasteiger partial charge in [0.2, 0.25) is 0 Å². The fourth-order valence-corrected chi connectivity index (χ4v) is 5.41. The highest BCUT2D eigenvalue weighted by Crippen LogP contribution is 2.46. The Balaban J connectivity index is 1.81. The van der Waals surface area contributed by atoms with Crippen LogP contribution in [0.2, 0.25) is 0 Å². The molecule has 1 saturated carbocycles. The van der Waals surface area contributed by atoms with Gasteiger partial charge >= 0.3 is 0 Å². The molecule has 2 fully saturated rings.